The van der Waals surface area contributed by atoms with Gasteiger partial charge in [0.1, 0.15) is 5.65 Å². The van der Waals surface area contributed by atoms with E-state index in [1.54, 1.807) is 18.3 Å². The van der Waals surface area contributed by atoms with Crippen molar-refractivity contribution in [2.45, 2.75) is 17.4 Å². The summed E-state index contributed by atoms with van der Waals surface area (Å²) < 4.78 is 33.9. The number of pyridine rings is 1. The van der Waals surface area contributed by atoms with Crippen LogP contribution in [0, 0.1) is 0 Å². The van der Waals surface area contributed by atoms with Crippen molar-refractivity contribution in [3.05, 3.63) is 95.3 Å². The fourth-order valence-electron chi connectivity index (χ4n) is 3.33. The molecule has 9 heteroatoms. The lowest BCUT2D eigenvalue weighted by Gasteiger charge is -2.19. The fraction of sp³-hybridized carbons (Fsp3) is 0.130. The monoisotopic (exact) mass is 469 g/mol. The lowest BCUT2D eigenvalue weighted by atomic mass is 10.1. The second-order valence-electron chi connectivity index (χ2n) is 7.06. The van der Waals surface area contributed by atoms with Gasteiger partial charge in [0, 0.05) is 29.2 Å². The number of aromatic amines is 1. The first-order valence-electron chi connectivity index (χ1n) is 9.86. The Hall–Kier alpha value is -3.20. The standard InChI is InChI=1S/C23H20ClN3O4S/c24-17-6-8-18(9-7-17)32(29,30)27-21(16-4-2-1-3-5-16)12-15-31-23(28)20-11-14-26-22-19(20)10-13-25-22/h1-11,13-14,21,27H,12,15H2,(H,25,26). The average Bonchev–Trinajstić information content (AvgIpc) is 3.28. The van der Waals surface area contributed by atoms with Crippen LogP contribution in [0.15, 0.2) is 84.0 Å². The molecule has 0 amide bonds. The number of esters is 1. The summed E-state index contributed by atoms with van der Waals surface area (Å²) in [6.45, 7) is 0.0236. The molecule has 0 bridgehead atoms. The molecule has 0 saturated carbocycles. The number of nitrogens with zero attached hydrogens (tertiary/aromatic N) is 1. The molecule has 2 N–H and O–H groups in total. The van der Waals surface area contributed by atoms with Gasteiger partial charge in [-0.25, -0.2) is 22.9 Å². The Morgan fingerprint density at radius 2 is 1.81 bits per heavy atom. The first-order valence-corrected chi connectivity index (χ1v) is 11.7. The highest BCUT2D eigenvalue weighted by Crippen LogP contribution is 2.22. The second kappa shape index (κ2) is 9.52. The number of H-pyrrole nitrogens is 1. The molecule has 7 nitrogen and oxygen atoms in total. The highest BCUT2D eigenvalue weighted by atomic mass is 35.5. The van der Waals surface area contributed by atoms with Gasteiger partial charge in [0.2, 0.25) is 10.0 Å². The molecule has 2 aromatic heterocycles. The number of carbonyl (C=O) groups is 1. The average molecular weight is 470 g/mol. The minimum absolute atomic E-state index is 0.0236. The van der Waals surface area contributed by atoms with E-state index in [-0.39, 0.29) is 17.9 Å². The molecule has 0 aliphatic rings. The fourth-order valence-corrected chi connectivity index (χ4v) is 4.72. The molecule has 32 heavy (non-hydrogen) atoms. The van der Waals surface area contributed by atoms with Crippen molar-refractivity contribution in [3.8, 4) is 0 Å². The number of sulfonamides is 1. The summed E-state index contributed by atoms with van der Waals surface area (Å²) >= 11 is 5.87. The molecule has 0 aliphatic carbocycles. The highest BCUT2D eigenvalue weighted by Gasteiger charge is 2.22. The van der Waals surface area contributed by atoms with Crippen LogP contribution in [0.5, 0.6) is 0 Å². The summed E-state index contributed by atoms with van der Waals surface area (Å²) in [6.07, 6.45) is 3.48. The van der Waals surface area contributed by atoms with Crippen molar-refractivity contribution in [1.29, 1.82) is 0 Å². The van der Waals surface area contributed by atoms with Crippen LogP contribution in [0.4, 0.5) is 0 Å². The number of carbonyl (C=O) groups excluding carboxylic acids is 1. The summed E-state index contributed by atoms with van der Waals surface area (Å²) in [6, 6.07) is 17.8. The Bertz CT molecular complexity index is 1320. The van der Waals surface area contributed by atoms with Gasteiger partial charge in [0.05, 0.1) is 23.1 Å². The largest absolute Gasteiger partial charge is 0.462 e. The maximum absolute atomic E-state index is 12.9. The van der Waals surface area contributed by atoms with E-state index in [0.29, 0.717) is 21.6 Å². The van der Waals surface area contributed by atoms with Crippen LogP contribution in [0.25, 0.3) is 11.0 Å². The van der Waals surface area contributed by atoms with Gasteiger partial charge < -0.3 is 9.72 Å². The van der Waals surface area contributed by atoms with Gasteiger partial charge >= 0.3 is 5.97 Å². The number of halogens is 1. The molecule has 0 spiro atoms. The van der Waals surface area contributed by atoms with Crippen LogP contribution < -0.4 is 4.72 Å². The number of fused-ring (bicyclic) bond motifs is 1. The number of ether oxygens (including phenoxy) is 1. The van der Waals surface area contributed by atoms with Crippen LogP contribution in [-0.4, -0.2) is 31.0 Å². The zero-order valence-corrected chi connectivity index (χ0v) is 18.4. The van der Waals surface area contributed by atoms with Crippen molar-refractivity contribution in [2.24, 2.45) is 0 Å². The van der Waals surface area contributed by atoms with Gasteiger partial charge in [-0.3, -0.25) is 0 Å². The lowest BCUT2D eigenvalue weighted by molar-refractivity contribution is 0.0494. The smallest absolute Gasteiger partial charge is 0.338 e. The number of hydrogen-bond acceptors (Lipinski definition) is 5. The molecule has 0 radical (unpaired) electrons. The van der Waals surface area contributed by atoms with Gasteiger partial charge in [0.15, 0.2) is 0 Å². The number of hydrogen-bond donors (Lipinski definition) is 2. The third-order valence-corrected chi connectivity index (χ3v) is 6.68. The number of nitrogens with one attached hydrogen (secondary N) is 2. The highest BCUT2D eigenvalue weighted by molar-refractivity contribution is 7.89. The summed E-state index contributed by atoms with van der Waals surface area (Å²) in [5.74, 6) is -0.496. The molecule has 1 unspecified atom stereocenters. The third-order valence-electron chi connectivity index (χ3n) is 4.94. The van der Waals surface area contributed by atoms with E-state index in [1.165, 1.54) is 30.5 Å². The van der Waals surface area contributed by atoms with E-state index in [4.69, 9.17) is 16.3 Å². The second-order valence-corrected chi connectivity index (χ2v) is 9.21. The molecular formula is C23H20ClN3O4S. The maximum Gasteiger partial charge on any atom is 0.338 e. The summed E-state index contributed by atoms with van der Waals surface area (Å²) in [7, 11) is -3.81. The van der Waals surface area contributed by atoms with Crippen LogP contribution in [0.1, 0.15) is 28.4 Å². The topological polar surface area (TPSA) is 101 Å². The van der Waals surface area contributed by atoms with Gasteiger partial charge in [-0.05, 0) is 42.0 Å². The van der Waals surface area contributed by atoms with Gasteiger partial charge in [0.25, 0.3) is 0 Å². The predicted molar refractivity (Wildman–Crippen MR) is 122 cm³/mol. The van der Waals surface area contributed by atoms with Gasteiger partial charge in [-0.2, -0.15) is 0 Å². The summed E-state index contributed by atoms with van der Waals surface area (Å²) in [4.78, 5) is 19.8. The molecule has 2 heterocycles. The molecule has 1 atom stereocenters. The first-order chi connectivity index (χ1) is 15.4. The molecule has 4 aromatic rings. The van der Waals surface area contributed by atoms with Crippen LogP contribution in [0.3, 0.4) is 0 Å². The molecule has 0 aliphatic heterocycles. The molecule has 0 fully saturated rings. The third kappa shape index (κ3) is 4.99. The maximum atomic E-state index is 12.9. The molecule has 164 valence electrons. The first kappa shape index (κ1) is 22.0. The van der Waals surface area contributed by atoms with Gasteiger partial charge in [-0.1, -0.05) is 41.9 Å². The number of rotatable bonds is 8. The number of benzene rings is 2. The Kier molecular flexibility index (Phi) is 6.55. The van der Waals surface area contributed by atoms with Crippen LogP contribution in [0.2, 0.25) is 5.02 Å². The van der Waals surface area contributed by atoms with E-state index in [1.807, 2.05) is 30.3 Å². The number of aromatic nitrogens is 2. The quantitative estimate of drug-likeness (QED) is 0.370. The van der Waals surface area contributed by atoms with Crippen molar-refractivity contribution in [3.63, 3.8) is 0 Å². The minimum Gasteiger partial charge on any atom is -0.462 e. The SMILES string of the molecule is O=C(OCCC(NS(=O)(=O)c1ccc(Cl)cc1)c1ccccc1)c1ccnc2[nH]ccc12. The minimum atomic E-state index is -3.81. The van der Waals surface area contributed by atoms with Crippen LogP contribution >= 0.6 is 11.6 Å². The molecule has 4 rings (SSSR count). The van der Waals surface area contributed by atoms with E-state index in [2.05, 4.69) is 14.7 Å². The Balaban J connectivity index is 1.48. The van der Waals surface area contributed by atoms with Crippen molar-refractivity contribution < 1.29 is 17.9 Å². The summed E-state index contributed by atoms with van der Waals surface area (Å²) in [5.41, 5.74) is 1.75. The normalized spacial score (nSPS) is 12.5. The van der Waals surface area contributed by atoms with E-state index >= 15 is 0 Å². The Morgan fingerprint density at radius 3 is 2.56 bits per heavy atom. The Labute approximate surface area is 190 Å². The van der Waals surface area contributed by atoms with Crippen molar-refractivity contribution >= 4 is 38.6 Å². The van der Waals surface area contributed by atoms with Crippen molar-refractivity contribution in [1.82, 2.24) is 14.7 Å². The zero-order chi connectivity index (χ0) is 22.6. The van der Waals surface area contributed by atoms with E-state index in [0.717, 1.165) is 5.56 Å². The van der Waals surface area contributed by atoms with E-state index in [9.17, 15) is 13.2 Å². The van der Waals surface area contributed by atoms with Crippen molar-refractivity contribution in [2.75, 3.05) is 6.61 Å². The zero-order valence-electron chi connectivity index (χ0n) is 16.9. The Morgan fingerprint density at radius 1 is 1.06 bits per heavy atom. The van der Waals surface area contributed by atoms with Crippen LogP contribution in [-0.2, 0) is 14.8 Å². The van der Waals surface area contributed by atoms with Gasteiger partial charge in [-0.15, -0.1) is 0 Å². The summed E-state index contributed by atoms with van der Waals surface area (Å²) in [5, 5.41) is 1.11. The lowest BCUT2D eigenvalue weighted by Crippen LogP contribution is -2.29. The van der Waals surface area contributed by atoms with E-state index < -0.39 is 22.0 Å². The molecular weight excluding hydrogens is 450 g/mol. The molecule has 2 aromatic carbocycles. The predicted octanol–water partition coefficient (Wildman–Crippen LogP) is 4.48. The molecule has 0 saturated heterocycles.